The molecule has 55 heavy (non-hydrogen) atoms. The van der Waals surface area contributed by atoms with Crippen molar-refractivity contribution >= 4 is 19.8 Å². The lowest BCUT2D eigenvalue weighted by molar-refractivity contribution is -0.153. The number of rotatable bonds is 44. The lowest BCUT2D eigenvalue weighted by atomic mass is 10.0. The van der Waals surface area contributed by atoms with Crippen LogP contribution >= 0.6 is 7.82 Å². The maximum Gasteiger partial charge on any atom is 0.472 e. The molecular formula is C44H87O10P. The first-order valence-corrected chi connectivity index (χ1v) is 24.5. The van der Waals surface area contributed by atoms with E-state index in [-0.39, 0.29) is 12.8 Å². The highest BCUT2D eigenvalue weighted by Gasteiger charge is 2.27. The topological polar surface area (TPSA) is 149 Å². The lowest BCUT2D eigenvalue weighted by Crippen LogP contribution is -2.28. The van der Waals surface area contributed by atoms with E-state index in [1.54, 1.807) is 0 Å². The summed E-state index contributed by atoms with van der Waals surface area (Å²) in [7, 11) is -4.63. The molecule has 0 fully saturated rings. The second-order valence-corrected chi connectivity index (χ2v) is 17.2. The van der Waals surface area contributed by atoms with Gasteiger partial charge >= 0.3 is 19.8 Å². The summed E-state index contributed by atoms with van der Waals surface area (Å²) in [6, 6.07) is 0. The molecule has 0 aliphatic heterocycles. The summed E-state index contributed by atoms with van der Waals surface area (Å²) >= 11 is 0. The number of aliphatic hydroxyl groups is 2. The monoisotopic (exact) mass is 807 g/mol. The fourth-order valence-corrected chi connectivity index (χ4v) is 7.55. The molecule has 10 nitrogen and oxygen atoms in total. The van der Waals surface area contributed by atoms with Gasteiger partial charge in [0.15, 0.2) is 0 Å². The first kappa shape index (κ1) is 54.0. The Morgan fingerprint density at radius 1 is 0.418 bits per heavy atom. The van der Waals surface area contributed by atoms with Crippen molar-refractivity contribution in [1.82, 2.24) is 0 Å². The molecule has 11 heteroatoms. The quantitative estimate of drug-likeness (QED) is 0.0308. The predicted molar refractivity (Wildman–Crippen MR) is 224 cm³/mol. The molecule has 3 atom stereocenters. The maximum absolute atomic E-state index is 12.4. The van der Waals surface area contributed by atoms with Crippen LogP contribution < -0.4 is 0 Å². The Bertz CT molecular complexity index is 889. The predicted octanol–water partition coefficient (Wildman–Crippen LogP) is 12.2. The molecule has 0 spiro atoms. The van der Waals surface area contributed by atoms with E-state index < -0.39 is 58.4 Å². The SMILES string of the molecule is CCCCCCCCCCCCCCCCCCCC(=O)OC(CO)COP(=O)(O)OCC(CO)OC(=O)CCCCCCCCCCCCCCCCC. The van der Waals surface area contributed by atoms with Gasteiger partial charge in [-0.2, -0.15) is 0 Å². The van der Waals surface area contributed by atoms with Crippen molar-refractivity contribution in [3.8, 4) is 0 Å². The smallest absolute Gasteiger partial charge is 0.457 e. The molecular weight excluding hydrogens is 719 g/mol. The second kappa shape index (κ2) is 41.1. The number of carbonyl (C=O) groups is 2. The zero-order valence-electron chi connectivity index (χ0n) is 35.7. The number of esters is 2. The molecule has 0 heterocycles. The van der Waals surface area contributed by atoms with Crippen molar-refractivity contribution in [1.29, 1.82) is 0 Å². The highest BCUT2D eigenvalue weighted by atomic mass is 31.2. The van der Waals surface area contributed by atoms with Crippen LogP contribution in [-0.4, -0.2) is 65.7 Å². The summed E-state index contributed by atoms with van der Waals surface area (Å²) in [5, 5.41) is 19.2. The van der Waals surface area contributed by atoms with E-state index >= 15 is 0 Å². The Morgan fingerprint density at radius 3 is 0.855 bits per heavy atom. The van der Waals surface area contributed by atoms with Gasteiger partial charge in [0.2, 0.25) is 0 Å². The molecule has 0 saturated heterocycles. The normalized spacial score (nSPS) is 13.8. The van der Waals surface area contributed by atoms with Gasteiger partial charge in [0.05, 0.1) is 26.4 Å². The molecule has 3 N–H and O–H groups in total. The molecule has 0 radical (unpaired) electrons. The van der Waals surface area contributed by atoms with Crippen LogP contribution in [0, 0.1) is 0 Å². The van der Waals surface area contributed by atoms with E-state index in [9.17, 15) is 29.3 Å². The fraction of sp³-hybridized carbons (Fsp3) is 0.955. The molecule has 0 saturated carbocycles. The number of hydrogen-bond acceptors (Lipinski definition) is 9. The van der Waals surface area contributed by atoms with E-state index in [2.05, 4.69) is 13.8 Å². The Hall–Kier alpha value is -1.03. The average Bonchev–Trinajstić information content (AvgIpc) is 3.17. The lowest BCUT2D eigenvalue weighted by Gasteiger charge is -2.20. The zero-order valence-corrected chi connectivity index (χ0v) is 36.6. The fourth-order valence-electron chi connectivity index (χ4n) is 6.76. The molecule has 3 unspecified atom stereocenters. The number of phosphoric acid groups is 1. The summed E-state index contributed by atoms with van der Waals surface area (Å²) < 4.78 is 32.6. The van der Waals surface area contributed by atoms with Crippen LogP contribution in [0.15, 0.2) is 0 Å². The highest BCUT2D eigenvalue weighted by molar-refractivity contribution is 7.47. The summed E-state index contributed by atoms with van der Waals surface area (Å²) in [4.78, 5) is 34.5. The summed E-state index contributed by atoms with van der Waals surface area (Å²) in [5.41, 5.74) is 0. The third kappa shape index (κ3) is 39.6. The molecule has 0 aromatic heterocycles. The Balaban J connectivity index is 3.85. The molecule has 0 aliphatic rings. The summed E-state index contributed by atoms with van der Waals surface area (Å²) in [5.74, 6) is -1.00. The van der Waals surface area contributed by atoms with Crippen molar-refractivity contribution in [2.24, 2.45) is 0 Å². The van der Waals surface area contributed by atoms with Crippen molar-refractivity contribution in [2.45, 2.75) is 244 Å². The summed E-state index contributed by atoms with van der Waals surface area (Å²) in [6.45, 7) is 2.26. The molecule has 0 aromatic carbocycles. The van der Waals surface area contributed by atoms with E-state index in [1.807, 2.05) is 0 Å². The molecule has 0 aromatic rings. The molecule has 0 bridgehead atoms. The van der Waals surface area contributed by atoms with Gasteiger partial charge < -0.3 is 24.6 Å². The minimum absolute atomic E-state index is 0.199. The number of carbonyl (C=O) groups excluding carboxylic acids is 2. The van der Waals surface area contributed by atoms with E-state index in [1.165, 1.54) is 154 Å². The number of aliphatic hydroxyl groups excluding tert-OH is 2. The van der Waals surface area contributed by atoms with E-state index in [0.29, 0.717) is 12.8 Å². The van der Waals surface area contributed by atoms with Gasteiger partial charge in [-0.15, -0.1) is 0 Å². The van der Waals surface area contributed by atoms with Gasteiger partial charge in [0.1, 0.15) is 12.2 Å². The van der Waals surface area contributed by atoms with Crippen LogP contribution in [0.2, 0.25) is 0 Å². The largest absolute Gasteiger partial charge is 0.472 e. The third-order valence-corrected chi connectivity index (χ3v) is 11.3. The van der Waals surface area contributed by atoms with Gasteiger partial charge in [-0.05, 0) is 12.8 Å². The van der Waals surface area contributed by atoms with Gasteiger partial charge in [-0.1, -0.05) is 206 Å². The molecule has 0 rings (SSSR count). The minimum atomic E-state index is -4.63. The Labute approximate surface area is 337 Å². The summed E-state index contributed by atoms with van der Waals surface area (Å²) in [6.07, 6.45) is 37.8. The van der Waals surface area contributed by atoms with Crippen LogP contribution in [0.25, 0.3) is 0 Å². The van der Waals surface area contributed by atoms with Crippen molar-refractivity contribution < 1.29 is 47.8 Å². The first-order valence-electron chi connectivity index (χ1n) is 23.0. The van der Waals surface area contributed by atoms with Gasteiger partial charge in [-0.25, -0.2) is 4.57 Å². The van der Waals surface area contributed by atoms with Crippen LogP contribution in [-0.2, 0) is 32.7 Å². The van der Waals surface area contributed by atoms with Gasteiger partial charge in [0, 0.05) is 12.8 Å². The van der Waals surface area contributed by atoms with Crippen LogP contribution in [0.3, 0.4) is 0 Å². The number of hydrogen-bond donors (Lipinski definition) is 3. The number of phosphoric ester groups is 1. The Kier molecular flexibility index (Phi) is 40.4. The standard InChI is InChI=1S/C44H87O10P/c1-3-5-7-9-11-13-15-17-19-20-22-24-26-28-30-32-34-36-44(48)54-42(38-46)40-52-55(49,50)51-39-41(37-45)53-43(47)35-33-31-29-27-25-23-21-18-16-14-12-10-8-6-4-2/h41-42,45-46H,3-40H2,1-2H3,(H,49,50). The Morgan fingerprint density at radius 2 is 0.636 bits per heavy atom. The highest BCUT2D eigenvalue weighted by Crippen LogP contribution is 2.43. The van der Waals surface area contributed by atoms with E-state index in [0.717, 1.165) is 38.5 Å². The van der Waals surface area contributed by atoms with Gasteiger partial charge in [0.25, 0.3) is 0 Å². The van der Waals surface area contributed by atoms with Crippen LogP contribution in [0.1, 0.15) is 232 Å². The minimum Gasteiger partial charge on any atom is -0.457 e. The second-order valence-electron chi connectivity index (χ2n) is 15.8. The maximum atomic E-state index is 12.4. The van der Waals surface area contributed by atoms with Crippen LogP contribution in [0.4, 0.5) is 0 Å². The van der Waals surface area contributed by atoms with Crippen molar-refractivity contribution in [2.75, 3.05) is 26.4 Å². The number of unbranched alkanes of at least 4 members (excludes halogenated alkanes) is 30. The molecule has 328 valence electrons. The first-order chi connectivity index (χ1) is 26.8. The van der Waals surface area contributed by atoms with E-state index in [4.69, 9.17) is 18.5 Å². The average molecular weight is 807 g/mol. The number of ether oxygens (including phenoxy) is 2. The van der Waals surface area contributed by atoms with Crippen molar-refractivity contribution in [3.05, 3.63) is 0 Å². The van der Waals surface area contributed by atoms with Gasteiger partial charge in [-0.3, -0.25) is 18.6 Å². The zero-order chi connectivity index (χ0) is 40.5. The molecule has 0 aliphatic carbocycles. The third-order valence-electron chi connectivity index (χ3n) is 10.3. The van der Waals surface area contributed by atoms with Crippen LogP contribution in [0.5, 0.6) is 0 Å². The molecule has 0 amide bonds. The van der Waals surface area contributed by atoms with Crippen molar-refractivity contribution in [3.63, 3.8) is 0 Å².